The number of rotatable bonds is 5. The highest BCUT2D eigenvalue weighted by molar-refractivity contribution is 8.00. The number of fused-ring (bicyclic) bond motifs is 2. The van der Waals surface area contributed by atoms with Crippen LogP contribution in [0.15, 0.2) is 75.9 Å². The van der Waals surface area contributed by atoms with Crippen LogP contribution in [-0.4, -0.2) is 27.5 Å². The first-order valence-corrected chi connectivity index (χ1v) is 14.3. The first-order valence-electron chi connectivity index (χ1n) is 11.8. The topological polar surface area (TPSA) is 88.5 Å². The summed E-state index contributed by atoms with van der Waals surface area (Å²) in [5, 5.41) is 4.45. The molecule has 4 aromatic rings. The number of thiazole rings is 1. The van der Waals surface area contributed by atoms with Crippen LogP contribution >= 0.6 is 34.4 Å². The van der Waals surface area contributed by atoms with E-state index in [9.17, 15) is 23.6 Å². The largest absolute Gasteiger partial charge is 0.325 e. The minimum Gasteiger partial charge on any atom is -0.325 e. The second kappa shape index (κ2) is 9.64. The fourth-order valence-electron chi connectivity index (χ4n) is 4.86. The molecule has 0 saturated carbocycles. The van der Waals surface area contributed by atoms with Crippen molar-refractivity contribution >= 4 is 63.5 Å². The quantitative estimate of drug-likeness (QED) is 0.350. The van der Waals surface area contributed by atoms with Gasteiger partial charge in [-0.2, -0.15) is 0 Å². The summed E-state index contributed by atoms with van der Waals surface area (Å²) in [6, 6.07) is 16.3. The molecule has 1 saturated heterocycles. The monoisotopic (exact) mass is 565 g/mol. The van der Waals surface area contributed by atoms with Crippen LogP contribution in [0.3, 0.4) is 0 Å². The molecule has 1 N–H and O–H groups in total. The van der Waals surface area contributed by atoms with Gasteiger partial charge in [0.05, 0.1) is 16.6 Å². The van der Waals surface area contributed by atoms with Crippen molar-refractivity contribution in [3.05, 3.63) is 96.8 Å². The molecule has 2 aromatic heterocycles. The van der Waals surface area contributed by atoms with Gasteiger partial charge in [0.25, 0.3) is 0 Å². The Morgan fingerprint density at radius 1 is 1.00 bits per heavy atom. The maximum atomic E-state index is 13.7. The van der Waals surface area contributed by atoms with Crippen LogP contribution in [0.25, 0.3) is 0 Å². The van der Waals surface area contributed by atoms with Crippen molar-refractivity contribution < 1.29 is 18.8 Å². The Labute approximate surface area is 228 Å². The number of thioether (sulfide) groups is 1. The predicted octanol–water partition coefficient (Wildman–Crippen LogP) is 4.85. The molecule has 38 heavy (non-hydrogen) atoms. The van der Waals surface area contributed by atoms with Crippen molar-refractivity contribution in [2.45, 2.75) is 29.7 Å². The molecule has 192 valence electrons. The standard InChI is InChI=1S/C27H20FN3O4S3/c1-14-4-8-16(9-5-14)29-19(32)13-30-26-23(38-27(30)35)20(18-3-2-12-36-18)21-22(37-26)25(34)31(24(21)33)17-10-6-15(28)7-11-17/h2-12,20-22H,13H2,1H3,(H,29,32). The Balaban J connectivity index is 1.38. The highest BCUT2D eigenvalue weighted by Gasteiger charge is 2.57. The van der Waals surface area contributed by atoms with Crippen molar-refractivity contribution in [3.8, 4) is 0 Å². The number of aromatic nitrogens is 1. The van der Waals surface area contributed by atoms with Crippen LogP contribution in [0.2, 0.25) is 0 Å². The Morgan fingerprint density at radius 2 is 1.74 bits per heavy atom. The molecular weight excluding hydrogens is 546 g/mol. The average molecular weight is 566 g/mol. The predicted molar refractivity (Wildman–Crippen MR) is 147 cm³/mol. The zero-order chi connectivity index (χ0) is 26.6. The van der Waals surface area contributed by atoms with E-state index in [0.29, 0.717) is 21.3 Å². The number of aryl methyl sites for hydroxylation is 1. The van der Waals surface area contributed by atoms with Gasteiger partial charge in [0.15, 0.2) is 0 Å². The molecule has 0 radical (unpaired) electrons. The third kappa shape index (κ3) is 4.20. The number of thiophene rings is 1. The maximum Gasteiger partial charge on any atom is 0.308 e. The molecule has 11 heteroatoms. The molecule has 2 aromatic carbocycles. The van der Waals surface area contributed by atoms with E-state index in [1.54, 1.807) is 12.1 Å². The van der Waals surface area contributed by atoms with Crippen molar-refractivity contribution in [3.63, 3.8) is 0 Å². The SMILES string of the molecule is Cc1ccc(NC(=O)Cn2c3c(sc2=O)C(c2cccs2)C2C(=O)N(c4ccc(F)cc4)C(=O)C2S3)cc1. The summed E-state index contributed by atoms with van der Waals surface area (Å²) in [7, 11) is 0. The van der Waals surface area contributed by atoms with E-state index < -0.39 is 28.8 Å². The first kappa shape index (κ1) is 24.8. The lowest BCUT2D eigenvalue weighted by Gasteiger charge is -2.29. The zero-order valence-electron chi connectivity index (χ0n) is 19.9. The van der Waals surface area contributed by atoms with E-state index in [1.807, 2.05) is 36.6 Å². The molecule has 0 aliphatic carbocycles. The van der Waals surface area contributed by atoms with Gasteiger partial charge in [-0.1, -0.05) is 46.9 Å². The highest BCUT2D eigenvalue weighted by Crippen LogP contribution is 2.54. The van der Waals surface area contributed by atoms with Gasteiger partial charge < -0.3 is 5.32 Å². The summed E-state index contributed by atoms with van der Waals surface area (Å²) in [6.45, 7) is 1.73. The van der Waals surface area contributed by atoms with Crippen LogP contribution in [0.1, 0.15) is 21.2 Å². The van der Waals surface area contributed by atoms with E-state index in [2.05, 4.69) is 5.32 Å². The molecule has 3 unspecified atom stereocenters. The minimum atomic E-state index is -0.785. The first-order chi connectivity index (χ1) is 18.3. The number of amides is 3. The number of nitrogens with one attached hydrogen (secondary N) is 1. The average Bonchev–Trinajstić information content (AvgIpc) is 3.59. The van der Waals surface area contributed by atoms with E-state index in [1.165, 1.54) is 40.2 Å². The smallest absolute Gasteiger partial charge is 0.308 e. The molecule has 4 heterocycles. The number of imide groups is 1. The van der Waals surface area contributed by atoms with Gasteiger partial charge in [0, 0.05) is 21.4 Å². The number of nitrogens with zero attached hydrogens (tertiary/aromatic N) is 2. The van der Waals surface area contributed by atoms with Crippen LogP contribution in [-0.2, 0) is 20.9 Å². The molecular formula is C27H20FN3O4S3. The van der Waals surface area contributed by atoms with Gasteiger partial charge in [-0.25, -0.2) is 9.29 Å². The van der Waals surface area contributed by atoms with Crippen LogP contribution < -0.4 is 15.1 Å². The fourth-order valence-corrected chi connectivity index (χ4v) is 8.58. The van der Waals surface area contributed by atoms with Crippen molar-refractivity contribution in [1.29, 1.82) is 0 Å². The van der Waals surface area contributed by atoms with Crippen LogP contribution in [0.5, 0.6) is 0 Å². The van der Waals surface area contributed by atoms with Gasteiger partial charge in [-0.3, -0.25) is 23.7 Å². The highest BCUT2D eigenvalue weighted by atomic mass is 32.2. The Morgan fingerprint density at radius 3 is 2.42 bits per heavy atom. The van der Waals surface area contributed by atoms with Gasteiger partial charge in [-0.05, 0) is 54.8 Å². The van der Waals surface area contributed by atoms with Gasteiger partial charge in [-0.15, -0.1) is 11.3 Å². The van der Waals surface area contributed by atoms with Crippen LogP contribution in [0.4, 0.5) is 15.8 Å². The minimum absolute atomic E-state index is 0.218. The summed E-state index contributed by atoms with van der Waals surface area (Å²) in [5.74, 6) is -2.86. The van der Waals surface area contributed by atoms with E-state index >= 15 is 0 Å². The number of hydrogen-bond donors (Lipinski definition) is 1. The lowest BCUT2D eigenvalue weighted by Crippen LogP contribution is -2.32. The number of carbonyl (C=O) groups excluding carboxylic acids is 3. The van der Waals surface area contributed by atoms with E-state index in [4.69, 9.17) is 0 Å². The Bertz CT molecular complexity index is 1610. The number of anilines is 2. The van der Waals surface area contributed by atoms with Crippen LogP contribution in [0, 0.1) is 18.7 Å². The lowest BCUT2D eigenvalue weighted by molar-refractivity contribution is -0.122. The summed E-state index contributed by atoms with van der Waals surface area (Å²) >= 11 is 3.61. The number of carbonyl (C=O) groups is 3. The van der Waals surface area contributed by atoms with Gasteiger partial charge in [0.2, 0.25) is 17.7 Å². The van der Waals surface area contributed by atoms with Crippen molar-refractivity contribution in [1.82, 2.24) is 4.57 Å². The number of benzene rings is 2. The summed E-state index contributed by atoms with van der Waals surface area (Å²) in [4.78, 5) is 55.7. The second-order valence-electron chi connectivity index (χ2n) is 9.08. The molecule has 0 spiro atoms. The lowest BCUT2D eigenvalue weighted by atomic mass is 9.87. The molecule has 6 rings (SSSR count). The molecule has 2 aliphatic heterocycles. The molecule has 0 bridgehead atoms. The normalized spacial score (nSPS) is 20.4. The van der Waals surface area contributed by atoms with Gasteiger partial charge >= 0.3 is 4.87 Å². The molecule has 3 amide bonds. The fraction of sp³-hybridized carbons (Fsp3) is 0.185. The second-order valence-corrected chi connectivity index (χ2v) is 12.2. The summed E-state index contributed by atoms with van der Waals surface area (Å²) in [5.41, 5.74) is 1.98. The van der Waals surface area contributed by atoms with Crippen molar-refractivity contribution in [2.75, 3.05) is 10.2 Å². The molecule has 3 atom stereocenters. The molecule has 2 aliphatic rings. The van der Waals surface area contributed by atoms with Crippen molar-refractivity contribution in [2.24, 2.45) is 5.92 Å². The third-order valence-electron chi connectivity index (χ3n) is 6.62. The molecule has 1 fully saturated rings. The number of hydrogen-bond acceptors (Lipinski definition) is 7. The third-order valence-corrected chi connectivity index (χ3v) is 10.2. The van der Waals surface area contributed by atoms with Gasteiger partial charge in [0.1, 0.15) is 17.6 Å². The Kier molecular flexibility index (Phi) is 6.29. The summed E-state index contributed by atoms with van der Waals surface area (Å²) in [6.07, 6.45) is 0. The molecule has 7 nitrogen and oxygen atoms in total. The summed E-state index contributed by atoms with van der Waals surface area (Å²) < 4.78 is 14.9. The maximum absolute atomic E-state index is 13.7. The van der Waals surface area contributed by atoms with E-state index in [0.717, 1.165) is 38.4 Å². The number of halogens is 1. The Hall–Kier alpha value is -3.54. The zero-order valence-corrected chi connectivity index (χ0v) is 22.4. The van der Waals surface area contributed by atoms with E-state index in [-0.39, 0.29) is 23.2 Å².